The summed E-state index contributed by atoms with van der Waals surface area (Å²) in [5.74, 6) is 0.885. The first-order chi connectivity index (χ1) is 8.22. The highest BCUT2D eigenvalue weighted by molar-refractivity contribution is 6.36. The maximum atomic E-state index is 6.18. The second-order valence-electron chi connectivity index (χ2n) is 3.66. The fourth-order valence-electron chi connectivity index (χ4n) is 1.66. The number of benzene rings is 1. The molecule has 0 bridgehead atoms. The quantitative estimate of drug-likeness (QED) is 0.892. The zero-order chi connectivity index (χ0) is 12.3. The van der Waals surface area contributed by atoms with Gasteiger partial charge in [-0.3, -0.25) is 0 Å². The minimum atomic E-state index is 0.635. The van der Waals surface area contributed by atoms with E-state index in [2.05, 4.69) is 12.2 Å². The van der Waals surface area contributed by atoms with Crippen LogP contribution in [0.5, 0.6) is 0 Å². The molecule has 17 heavy (non-hydrogen) atoms. The van der Waals surface area contributed by atoms with Crippen LogP contribution in [0, 0.1) is 0 Å². The first-order valence-corrected chi connectivity index (χ1v) is 6.20. The van der Waals surface area contributed by atoms with Gasteiger partial charge in [0.15, 0.2) is 0 Å². The van der Waals surface area contributed by atoms with Gasteiger partial charge in [0.05, 0.1) is 12.8 Å². The third-order valence-electron chi connectivity index (χ3n) is 2.50. The van der Waals surface area contributed by atoms with Gasteiger partial charge in [-0.15, -0.1) is 0 Å². The summed E-state index contributed by atoms with van der Waals surface area (Å²) in [4.78, 5) is 0. The fraction of sp³-hybridized carbons (Fsp3) is 0.231. The lowest BCUT2D eigenvalue weighted by Crippen LogP contribution is -2.11. The van der Waals surface area contributed by atoms with E-state index in [1.165, 1.54) is 0 Å². The van der Waals surface area contributed by atoms with Crippen molar-refractivity contribution in [2.45, 2.75) is 13.5 Å². The van der Waals surface area contributed by atoms with Gasteiger partial charge in [0.25, 0.3) is 0 Å². The van der Waals surface area contributed by atoms with Crippen molar-refractivity contribution in [2.75, 3.05) is 6.54 Å². The minimum absolute atomic E-state index is 0.635. The molecule has 0 saturated heterocycles. The van der Waals surface area contributed by atoms with E-state index < -0.39 is 0 Å². The monoisotopic (exact) mass is 269 g/mol. The fourth-order valence-corrected chi connectivity index (χ4v) is 2.17. The number of nitrogens with one attached hydrogen (secondary N) is 1. The summed E-state index contributed by atoms with van der Waals surface area (Å²) in [6, 6.07) is 7.39. The molecule has 0 aliphatic heterocycles. The topological polar surface area (TPSA) is 25.2 Å². The van der Waals surface area contributed by atoms with Crippen LogP contribution in [0.15, 0.2) is 34.9 Å². The predicted molar refractivity (Wildman–Crippen MR) is 71.5 cm³/mol. The zero-order valence-electron chi connectivity index (χ0n) is 9.47. The molecule has 1 aromatic carbocycles. The van der Waals surface area contributed by atoms with Gasteiger partial charge in [0.2, 0.25) is 0 Å². The molecule has 1 heterocycles. The number of halogens is 2. The molecule has 2 aromatic rings. The van der Waals surface area contributed by atoms with Crippen molar-refractivity contribution in [3.05, 3.63) is 46.3 Å². The largest absolute Gasteiger partial charge is 0.467 e. The van der Waals surface area contributed by atoms with Crippen molar-refractivity contribution < 1.29 is 4.42 Å². The summed E-state index contributed by atoms with van der Waals surface area (Å²) in [5.41, 5.74) is 1.95. The van der Waals surface area contributed by atoms with Gasteiger partial charge in [-0.05, 0) is 24.7 Å². The number of hydrogen-bond donors (Lipinski definition) is 1. The lowest BCUT2D eigenvalue weighted by atomic mass is 10.1. The maximum absolute atomic E-state index is 6.18. The molecule has 90 valence electrons. The third kappa shape index (κ3) is 2.83. The van der Waals surface area contributed by atoms with Crippen molar-refractivity contribution in [3.63, 3.8) is 0 Å². The van der Waals surface area contributed by atoms with E-state index in [4.69, 9.17) is 27.6 Å². The van der Waals surface area contributed by atoms with Crippen LogP contribution in [-0.2, 0) is 6.54 Å². The maximum Gasteiger partial charge on any atom is 0.125 e. The highest BCUT2D eigenvalue weighted by Gasteiger charge is 2.11. The van der Waals surface area contributed by atoms with E-state index in [1.54, 1.807) is 12.3 Å². The molecule has 0 aliphatic carbocycles. The van der Waals surface area contributed by atoms with Gasteiger partial charge in [0.1, 0.15) is 5.76 Å². The van der Waals surface area contributed by atoms with E-state index in [9.17, 15) is 0 Å². The molecule has 0 fully saturated rings. The molecule has 0 amide bonds. The van der Waals surface area contributed by atoms with Gasteiger partial charge < -0.3 is 9.73 Å². The molecule has 0 saturated carbocycles. The van der Waals surface area contributed by atoms with Crippen molar-refractivity contribution in [1.82, 2.24) is 5.32 Å². The smallest absolute Gasteiger partial charge is 0.125 e. The van der Waals surface area contributed by atoms with Crippen LogP contribution in [0.2, 0.25) is 10.0 Å². The molecule has 0 aliphatic rings. The van der Waals surface area contributed by atoms with E-state index in [-0.39, 0.29) is 0 Å². The lowest BCUT2D eigenvalue weighted by Gasteiger charge is -2.06. The molecule has 1 aromatic heterocycles. The average Bonchev–Trinajstić information content (AvgIpc) is 2.74. The Kier molecular flexibility index (Phi) is 4.11. The molecule has 0 radical (unpaired) electrons. The average molecular weight is 270 g/mol. The molecular weight excluding hydrogens is 257 g/mol. The molecule has 0 unspecified atom stereocenters. The molecule has 0 atom stereocenters. The van der Waals surface area contributed by atoms with Crippen LogP contribution in [0.25, 0.3) is 11.1 Å². The second kappa shape index (κ2) is 5.58. The summed E-state index contributed by atoms with van der Waals surface area (Å²) in [6.45, 7) is 3.64. The minimum Gasteiger partial charge on any atom is -0.467 e. The Labute approximate surface area is 111 Å². The summed E-state index contributed by atoms with van der Waals surface area (Å²) < 4.78 is 5.45. The van der Waals surface area contributed by atoms with Gasteiger partial charge in [0, 0.05) is 21.2 Å². The Balaban J connectivity index is 2.35. The van der Waals surface area contributed by atoms with Crippen molar-refractivity contribution in [1.29, 1.82) is 0 Å². The summed E-state index contributed by atoms with van der Waals surface area (Å²) in [6.07, 6.45) is 1.67. The summed E-state index contributed by atoms with van der Waals surface area (Å²) in [7, 11) is 0. The number of rotatable bonds is 4. The molecule has 4 heteroatoms. The van der Waals surface area contributed by atoms with Crippen LogP contribution in [0.3, 0.4) is 0 Å². The van der Waals surface area contributed by atoms with E-state index in [1.807, 2.05) is 18.2 Å². The van der Waals surface area contributed by atoms with Gasteiger partial charge in [-0.2, -0.15) is 0 Å². The Morgan fingerprint density at radius 2 is 2.00 bits per heavy atom. The van der Waals surface area contributed by atoms with Gasteiger partial charge in [-0.1, -0.05) is 36.2 Å². The van der Waals surface area contributed by atoms with E-state index >= 15 is 0 Å². The Morgan fingerprint density at radius 3 is 2.71 bits per heavy atom. The Hall–Kier alpha value is -0.960. The van der Waals surface area contributed by atoms with Crippen LogP contribution >= 0.6 is 23.2 Å². The van der Waals surface area contributed by atoms with E-state index in [0.29, 0.717) is 16.6 Å². The standard InChI is InChI=1S/C13H13Cl2NO/c1-2-16-8-13-11(5-6-17-13)10-4-3-9(14)7-12(10)15/h3-7,16H,2,8H2,1H3. The summed E-state index contributed by atoms with van der Waals surface area (Å²) >= 11 is 12.1. The van der Waals surface area contributed by atoms with Crippen LogP contribution in [0.4, 0.5) is 0 Å². The first-order valence-electron chi connectivity index (χ1n) is 5.45. The molecule has 0 spiro atoms. The molecule has 2 nitrogen and oxygen atoms in total. The van der Waals surface area contributed by atoms with Crippen molar-refractivity contribution >= 4 is 23.2 Å². The number of furan rings is 1. The predicted octanol–water partition coefficient (Wildman–Crippen LogP) is 4.36. The Morgan fingerprint density at radius 1 is 1.18 bits per heavy atom. The van der Waals surface area contributed by atoms with Crippen LogP contribution in [0.1, 0.15) is 12.7 Å². The van der Waals surface area contributed by atoms with Crippen molar-refractivity contribution in [2.24, 2.45) is 0 Å². The van der Waals surface area contributed by atoms with Gasteiger partial charge in [-0.25, -0.2) is 0 Å². The highest BCUT2D eigenvalue weighted by atomic mass is 35.5. The zero-order valence-corrected chi connectivity index (χ0v) is 11.0. The molecule has 1 N–H and O–H groups in total. The van der Waals surface area contributed by atoms with Gasteiger partial charge >= 0.3 is 0 Å². The highest BCUT2D eigenvalue weighted by Crippen LogP contribution is 2.33. The third-order valence-corrected chi connectivity index (χ3v) is 3.05. The van der Waals surface area contributed by atoms with Crippen LogP contribution in [-0.4, -0.2) is 6.54 Å². The normalized spacial score (nSPS) is 10.8. The Bertz CT molecular complexity index is 508. The van der Waals surface area contributed by atoms with E-state index in [0.717, 1.165) is 23.4 Å². The SMILES string of the molecule is CCNCc1occc1-c1ccc(Cl)cc1Cl. The van der Waals surface area contributed by atoms with Crippen molar-refractivity contribution in [3.8, 4) is 11.1 Å². The molecular formula is C13H13Cl2NO. The number of hydrogen-bond acceptors (Lipinski definition) is 2. The first kappa shape index (κ1) is 12.5. The van der Waals surface area contributed by atoms with Crippen LogP contribution < -0.4 is 5.32 Å². The molecule has 2 rings (SSSR count). The second-order valence-corrected chi connectivity index (χ2v) is 4.51. The lowest BCUT2D eigenvalue weighted by molar-refractivity contribution is 0.489. The summed E-state index contributed by atoms with van der Waals surface area (Å²) in [5, 5.41) is 4.50.